The summed E-state index contributed by atoms with van der Waals surface area (Å²) in [6, 6.07) is 7.07. The Hall–Kier alpha value is -0.910. The first kappa shape index (κ1) is 15.5. The van der Waals surface area contributed by atoms with Gasteiger partial charge in [0.05, 0.1) is 4.90 Å². The van der Waals surface area contributed by atoms with Crippen LogP contribution in [-0.4, -0.2) is 31.4 Å². The lowest BCUT2D eigenvalue weighted by molar-refractivity contribution is 0.393. The first-order chi connectivity index (χ1) is 9.37. The molecule has 3 atom stereocenters. The zero-order chi connectivity index (χ0) is 14.9. The summed E-state index contributed by atoms with van der Waals surface area (Å²) in [5.74, 6) is 0.450. The van der Waals surface area contributed by atoms with Crippen molar-refractivity contribution in [2.45, 2.75) is 56.5 Å². The molecule has 1 saturated heterocycles. The highest BCUT2D eigenvalue weighted by molar-refractivity contribution is 7.89. The van der Waals surface area contributed by atoms with Gasteiger partial charge in [-0.25, -0.2) is 8.42 Å². The Morgan fingerprint density at radius 1 is 1.35 bits per heavy atom. The summed E-state index contributed by atoms with van der Waals surface area (Å²) in [7, 11) is -3.42. The molecule has 20 heavy (non-hydrogen) atoms. The van der Waals surface area contributed by atoms with Crippen LogP contribution in [0.2, 0.25) is 0 Å². The minimum absolute atomic E-state index is 0.0656. The molecule has 0 aromatic heterocycles. The fourth-order valence-corrected chi connectivity index (χ4v) is 4.30. The van der Waals surface area contributed by atoms with Crippen molar-refractivity contribution in [1.29, 1.82) is 0 Å². The quantitative estimate of drug-likeness (QED) is 0.927. The summed E-state index contributed by atoms with van der Waals surface area (Å²) in [6.45, 7) is 6.66. The van der Waals surface area contributed by atoms with Gasteiger partial charge in [-0.15, -0.1) is 0 Å². The molecule has 112 valence electrons. The van der Waals surface area contributed by atoms with E-state index in [2.05, 4.69) is 13.8 Å². The molecule has 1 aromatic carbocycles. The zero-order valence-electron chi connectivity index (χ0n) is 12.4. The van der Waals surface area contributed by atoms with Crippen LogP contribution in [0, 0.1) is 0 Å². The lowest BCUT2D eigenvalue weighted by Gasteiger charge is -2.23. The summed E-state index contributed by atoms with van der Waals surface area (Å²) in [5, 5.41) is 0. The smallest absolute Gasteiger partial charge is 0.243 e. The number of sulfonamides is 1. The molecule has 3 unspecified atom stereocenters. The minimum Gasteiger partial charge on any atom is -0.326 e. The number of hydrogen-bond acceptors (Lipinski definition) is 3. The molecule has 1 aliphatic rings. The standard InChI is InChI=1S/C15H24N2O2S/c1-4-11(2)13-5-7-14(8-6-13)20(18,19)17-10-9-15(16)12(17)3/h5-8,11-12,15H,4,9-10,16H2,1-3H3. The van der Waals surface area contributed by atoms with Gasteiger partial charge in [-0.2, -0.15) is 4.31 Å². The maximum Gasteiger partial charge on any atom is 0.243 e. The minimum atomic E-state index is -3.42. The maximum absolute atomic E-state index is 12.6. The van der Waals surface area contributed by atoms with Crippen LogP contribution in [0.25, 0.3) is 0 Å². The molecular formula is C15H24N2O2S. The molecule has 1 aromatic rings. The number of nitrogens with zero attached hydrogens (tertiary/aromatic N) is 1. The molecule has 1 fully saturated rings. The maximum atomic E-state index is 12.6. The Morgan fingerprint density at radius 3 is 2.40 bits per heavy atom. The van der Waals surface area contributed by atoms with Gasteiger partial charge in [-0.05, 0) is 43.4 Å². The lowest BCUT2D eigenvalue weighted by Crippen LogP contribution is -2.40. The number of rotatable bonds is 4. The second-order valence-corrected chi connectivity index (χ2v) is 7.58. The van der Waals surface area contributed by atoms with Gasteiger partial charge in [0, 0.05) is 18.6 Å². The highest BCUT2D eigenvalue weighted by atomic mass is 32.2. The SMILES string of the molecule is CCC(C)c1ccc(S(=O)(=O)N2CCC(N)C2C)cc1. The van der Waals surface area contributed by atoms with Crippen LogP contribution in [0.1, 0.15) is 45.1 Å². The lowest BCUT2D eigenvalue weighted by atomic mass is 9.99. The summed E-state index contributed by atoms with van der Waals surface area (Å²) >= 11 is 0. The van der Waals surface area contributed by atoms with Gasteiger partial charge in [0.1, 0.15) is 0 Å². The van der Waals surface area contributed by atoms with Gasteiger partial charge in [0.15, 0.2) is 0 Å². The van der Waals surface area contributed by atoms with E-state index >= 15 is 0 Å². The van der Waals surface area contributed by atoms with Crippen molar-refractivity contribution in [3.63, 3.8) is 0 Å². The molecule has 5 heteroatoms. The van der Waals surface area contributed by atoms with E-state index in [-0.39, 0.29) is 12.1 Å². The van der Waals surface area contributed by atoms with Crippen LogP contribution in [0.15, 0.2) is 29.2 Å². The number of benzene rings is 1. The van der Waals surface area contributed by atoms with Crippen LogP contribution in [0.5, 0.6) is 0 Å². The van der Waals surface area contributed by atoms with Gasteiger partial charge in [-0.3, -0.25) is 0 Å². The fourth-order valence-electron chi connectivity index (χ4n) is 2.61. The van der Waals surface area contributed by atoms with Crippen molar-refractivity contribution in [1.82, 2.24) is 4.31 Å². The molecular weight excluding hydrogens is 272 g/mol. The Bertz CT molecular complexity index is 554. The van der Waals surface area contributed by atoms with Gasteiger partial charge < -0.3 is 5.73 Å². The van der Waals surface area contributed by atoms with Crippen LogP contribution < -0.4 is 5.73 Å². The molecule has 4 nitrogen and oxygen atoms in total. The van der Waals surface area contributed by atoms with Crippen molar-refractivity contribution in [2.75, 3.05) is 6.54 Å². The van der Waals surface area contributed by atoms with Gasteiger partial charge in [0.25, 0.3) is 0 Å². The average Bonchev–Trinajstić information content (AvgIpc) is 2.79. The predicted octanol–water partition coefficient (Wildman–Crippen LogP) is 2.31. The molecule has 0 amide bonds. The third-order valence-electron chi connectivity index (χ3n) is 4.42. The third-order valence-corrected chi connectivity index (χ3v) is 6.43. The molecule has 0 aliphatic carbocycles. The Balaban J connectivity index is 2.26. The van der Waals surface area contributed by atoms with E-state index in [1.165, 1.54) is 9.87 Å². The van der Waals surface area contributed by atoms with Crippen LogP contribution in [-0.2, 0) is 10.0 Å². The normalized spacial score (nSPS) is 25.8. The fraction of sp³-hybridized carbons (Fsp3) is 0.600. The summed E-state index contributed by atoms with van der Waals surface area (Å²) in [4.78, 5) is 0.366. The van der Waals surface area contributed by atoms with E-state index in [4.69, 9.17) is 5.73 Å². The molecule has 0 radical (unpaired) electrons. The molecule has 1 heterocycles. The highest BCUT2D eigenvalue weighted by Gasteiger charge is 2.37. The summed E-state index contributed by atoms with van der Waals surface area (Å²) in [6.07, 6.45) is 1.77. The van der Waals surface area contributed by atoms with E-state index in [9.17, 15) is 8.42 Å². The first-order valence-electron chi connectivity index (χ1n) is 7.25. The van der Waals surface area contributed by atoms with Gasteiger partial charge in [0.2, 0.25) is 10.0 Å². The zero-order valence-corrected chi connectivity index (χ0v) is 13.2. The Kier molecular flexibility index (Phi) is 4.52. The average molecular weight is 296 g/mol. The highest BCUT2D eigenvalue weighted by Crippen LogP contribution is 2.27. The predicted molar refractivity (Wildman–Crippen MR) is 81.1 cm³/mol. The van der Waals surface area contributed by atoms with Crippen LogP contribution >= 0.6 is 0 Å². The van der Waals surface area contributed by atoms with Crippen molar-refractivity contribution in [2.24, 2.45) is 5.73 Å². The first-order valence-corrected chi connectivity index (χ1v) is 8.69. The van der Waals surface area contributed by atoms with E-state index in [0.717, 1.165) is 12.8 Å². The molecule has 0 bridgehead atoms. The van der Waals surface area contributed by atoms with Crippen molar-refractivity contribution in [3.05, 3.63) is 29.8 Å². The third kappa shape index (κ3) is 2.75. The van der Waals surface area contributed by atoms with Gasteiger partial charge in [-0.1, -0.05) is 26.0 Å². The molecule has 2 rings (SSSR count). The van der Waals surface area contributed by atoms with E-state index in [1.54, 1.807) is 12.1 Å². The van der Waals surface area contributed by atoms with E-state index in [1.807, 2.05) is 19.1 Å². The number of nitrogens with two attached hydrogens (primary N) is 1. The topological polar surface area (TPSA) is 63.4 Å². The van der Waals surface area contributed by atoms with Crippen LogP contribution in [0.4, 0.5) is 0 Å². The van der Waals surface area contributed by atoms with Crippen LogP contribution in [0.3, 0.4) is 0 Å². The van der Waals surface area contributed by atoms with Crippen molar-refractivity contribution in [3.8, 4) is 0 Å². The molecule has 0 saturated carbocycles. The van der Waals surface area contributed by atoms with E-state index in [0.29, 0.717) is 17.4 Å². The Morgan fingerprint density at radius 2 is 1.95 bits per heavy atom. The summed E-state index contributed by atoms with van der Waals surface area (Å²) < 4.78 is 26.7. The van der Waals surface area contributed by atoms with Crippen molar-refractivity contribution >= 4 is 10.0 Å². The largest absolute Gasteiger partial charge is 0.326 e. The summed E-state index contributed by atoms with van der Waals surface area (Å²) in [5.41, 5.74) is 7.10. The number of hydrogen-bond donors (Lipinski definition) is 1. The Labute approximate surface area is 122 Å². The second kappa shape index (κ2) is 5.84. The van der Waals surface area contributed by atoms with Crippen molar-refractivity contribution < 1.29 is 8.42 Å². The molecule has 0 spiro atoms. The monoisotopic (exact) mass is 296 g/mol. The molecule has 2 N–H and O–H groups in total. The van der Waals surface area contributed by atoms with E-state index < -0.39 is 10.0 Å². The van der Waals surface area contributed by atoms with Gasteiger partial charge >= 0.3 is 0 Å². The second-order valence-electron chi connectivity index (χ2n) is 5.69. The molecule has 1 aliphatic heterocycles.